The van der Waals surface area contributed by atoms with Gasteiger partial charge in [0.15, 0.2) is 0 Å². The number of amides is 2. The van der Waals surface area contributed by atoms with Crippen molar-refractivity contribution in [3.63, 3.8) is 0 Å². The molecule has 0 saturated carbocycles. The molecule has 1 saturated heterocycles. The molecule has 1 atom stereocenters. The Balaban J connectivity index is 1.42. The fraction of sp³-hybridized carbons (Fsp3) is 0.355. The van der Waals surface area contributed by atoms with E-state index in [0.717, 1.165) is 29.5 Å². The largest absolute Gasteiger partial charge is 0.350 e. The SMILES string of the molecule is Cc1ccc(CNC(=O)C(C)N(Cc2ccc(F)cc2)C(=O)CCc2ccc(S(=O)(=O)N3CCCC3)cc2)cc1. The lowest BCUT2D eigenvalue weighted by Crippen LogP contribution is -2.47. The Hall–Kier alpha value is -3.56. The van der Waals surface area contributed by atoms with Crippen LogP contribution in [0.1, 0.15) is 48.4 Å². The maximum Gasteiger partial charge on any atom is 0.243 e. The summed E-state index contributed by atoms with van der Waals surface area (Å²) >= 11 is 0. The van der Waals surface area contributed by atoms with Crippen molar-refractivity contribution < 1.29 is 22.4 Å². The van der Waals surface area contributed by atoms with Gasteiger partial charge < -0.3 is 10.2 Å². The van der Waals surface area contributed by atoms with Gasteiger partial charge in [0.05, 0.1) is 4.90 Å². The second kappa shape index (κ2) is 13.2. The Morgan fingerprint density at radius 3 is 2.10 bits per heavy atom. The average Bonchev–Trinajstić information content (AvgIpc) is 3.51. The second-order valence-electron chi connectivity index (χ2n) is 10.3. The first-order chi connectivity index (χ1) is 19.1. The molecular formula is C31H36FN3O4S. The molecule has 7 nitrogen and oxygen atoms in total. The molecule has 0 bridgehead atoms. The van der Waals surface area contributed by atoms with E-state index in [-0.39, 0.29) is 35.5 Å². The summed E-state index contributed by atoms with van der Waals surface area (Å²) in [6, 6.07) is 19.6. The van der Waals surface area contributed by atoms with Crippen LogP contribution >= 0.6 is 0 Å². The van der Waals surface area contributed by atoms with Crippen LogP contribution in [0.15, 0.2) is 77.7 Å². The third kappa shape index (κ3) is 7.55. The van der Waals surface area contributed by atoms with Gasteiger partial charge >= 0.3 is 0 Å². The fourth-order valence-corrected chi connectivity index (χ4v) is 6.23. The number of sulfonamides is 1. The summed E-state index contributed by atoms with van der Waals surface area (Å²) in [5.41, 5.74) is 3.62. The summed E-state index contributed by atoms with van der Waals surface area (Å²) in [5.74, 6) is -0.885. The average molecular weight is 566 g/mol. The number of hydrogen-bond acceptors (Lipinski definition) is 4. The highest BCUT2D eigenvalue weighted by molar-refractivity contribution is 7.89. The van der Waals surface area contributed by atoms with Crippen LogP contribution in [0, 0.1) is 12.7 Å². The molecule has 1 aliphatic rings. The van der Waals surface area contributed by atoms with E-state index < -0.39 is 16.1 Å². The van der Waals surface area contributed by atoms with Gasteiger partial charge in [-0.1, -0.05) is 54.1 Å². The summed E-state index contributed by atoms with van der Waals surface area (Å²) in [6.07, 6.45) is 2.27. The molecule has 9 heteroatoms. The Morgan fingerprint density at radius 2 is 1.48 bits per heavy atom. The van der Waals surface area contributed by atoms with Crippen LogP contribution in [-0.4, -0.2) is 48.6 Å². The predicted molar refractivity (Wildman–Crippen MR) is 152 cm³/mol. The quantitative estimate of drug-likeness (QED) is 0.369. The minimum Gasteiger partial charge on any atom is -0.350 e. The number of carbonyl (C=O) groups excluding carboxylic acids is 2. The van der Waals surface area contributed by atoms with E-state index in [1.807, 2.05) is 31.2 Å². The summed E-state index contributed by atoms with van der Waals surface area (Å²) in [7, 11) is -3.50. The van der Waals surface area contributed by atoms with Crippen LogP contribution in [0.25, 0.3) is 0 Å². The second-order valence-corrected chi connectivity index (χ2v) is 12.2. The van der Waals surface area contributed by atoms with Gasteiger partial charge in [0, 0.05) is 32.6 Å². The molecule has 1 heterocycles. The smallest absolute Gasteiger partial charge is 0.243 e. The number of halogens is 1. The van der Waals surface area contributed by atoms with Crippen LogP contribution in [0.5, 0.6) is 0 Å². The summed E-state index contributed by atoms with van der Waals surface area (Å²) < 4.78 is 40.6. The lowest BCUT2D eigenvalue weighted by atomic mass is 10.1. The van der Waals surface area contributed by atoms with E-state index in [9.17, 15) is 22.4 Å². The highest BCUT2D eigenvalue weighted by Crippen LogP contribution is 2.22. The van der Waals surface area contributed by atoms with E-state index in [4.69, 9.17) is 0 Å². The van der Waals surface area contributed by atoms with Crippen molar-refractivity contribution in [3.8, 4) is 0 Å². The Morgan fingerprint density at radius 1 is 0.900 bits per heavy atom. The molecule has 40 heavy (non-hydrogen) atoms. The van der Waals surface area contributed by atoms with Gasteiger partial charge in [0.2, 0.25) is 21.8 Å². The number of carbonyl (C=O) groups is 2. The molecule has 3 aromatic carbocycles. The first-order valence-corrected chi connectivity index (χ1v) is 15.0. The first-order valence-electron chi connectivity index (χ1n) is 13.6. The van der Waals surface area contributed by atoms with Gasteiger partial charge in [-0.2, -0.15) is 4.31 Å². The van der Waals surface area contributed by atoms with Crippen molar-refractivity contribution in [1.82, 2.24) is 14.5 Å². The molecule has 1 aliphatic heterocycles. The zero-order chi connectivity index (χ0) is 28.7. The third-order valence-corrected chi connectivity index (χ3v) is 9.19. The number of rotatable bonds is 11. The Labute approximate surface area is 236 Å². The molecule has 0 radical (unpaired) electrons. The van der Waals surface area contributed by atoms with Gasteiger partial charge in [-0.15, -0.1) is 0 Å². The van der Waals surface area contributed by atoms with Crippen LogP contribution < -0.4 is 5.32 Å². The Bertz CT molecular complexity index is 1400. The summed E-state index contributed by atoms with van der Waals surface area (Å²) in [5, 5.41) is 2.91. The summed E-state index contributed by atoms with van der Waals surface area (Å²) in [4.78, 5) is 28.2. The van der Waals surface area contributed by atoms with Gasteiger partial charge in [-0.25, -0.2) is 12.8 Å². The standard InChI is InChI=1S/C31H36FN3O4S/c1-23-5-7-26(8-6-23)21-33-31(37)24(2)35(22-27-9-14-28(32)15-10-27)30(36)18-13-25-11-16-29(17-12-25)40(38,39)34-19-3-4-20-34/h5-12,14-17,24H,3-4,13,18-22H2,1-2H3,(H,33,37). The van der Waals surface area contributed by atoms with Crippen LogP contribution in [0.2, 0.25) is 0 Å². The molecule has 2 amide bonds. The van der Waals surface area contributed by atoms with Gasteiger partial charge in [0.25, 0.3) is 0 Å². The molecule has 212 valence electrons. The topological polar surface area (TPSA) is 86.8 Å². The van der Waals surface area contributed by atoms with E-state index in [1.54, 1.807) is 43.3 Å². The normalized spacial score (nSPS) is 14.6. The molecule has 4 rings (SSSR count). The van der Waals surface area contributed by atoms with Crippen molar-refractivity contribution in [2.24, 2.45) is 0 Å². The number of benzene rings is 3. The minimum atomic E-state index is -3.50. The fourth-order valence-electron chi connectivity index (χ4n) is 4.71. The minimum absolute atomic E-state index is 0.134. The molecule has 1 N–H and O–H groups in total. The zero-order valence-corrected chi connectivity index (χ0v) is 23.8. The van der Waals surface area contributed by atoms with Crippen molar-refractivity contribution in [1.29, 1.82) is 0 Å². The maximum absolute atomic E-state index is 13.5. The lowest BCUT2D eigenvalue weighted by Gasteiger charge is -2.29. The lowest BCUT2D eigenvalue weighted by molar-refractivity contribution is -0.140. The van der Waals surface area contributed by atoms with E-state index in [1.165, 1.54) is 21.3 Å². The van der Waals surface area contributed by atoms with Crippen LogP contribution in [0.4, 0.5) is 4.39 Å². The van der Waals surface area contributed by atoms with Crippen molar-refractivity contribution in [2.45, 2.75) is 63.6 Å². The van der Waals surface area contributed by atoms with Gasteiger partial charge in [0.1, 0.15) is 11.9 Å². The predicted octanol–water partition coefficient (Wildman–Crippen LogP) is 4.58. The number of nitrogens with one attached hydrogen (secondary N) is 1. The first kappa shape index (κ1) is 29.4. The molecular weight excluding hydrogens is 529 g/mol. The van der Waals surface area contributed by atoms with Crippen molar-refractivity contribution >= 4 is 21.8 Å². The maximum atomic E-state index is 13.5. The molecule has 0 aromatic heterocycles. The highest BCUT2D eigenvalue weighted by atomic mass is 32.2. The van der Waals surface area contributed by atoms with Crippen molar-refractivity contribution in [2.75, 3.05) is 13.1 Å². The number of aryl methyl sites for hydroxylation is 2. The Kier molecular flexibility index (Phi) is 9.71. The van der Waals surface area contributed by atoms with Crippen LogP contribution in [-0.2, 0) is 39.1 Å². The molecule has 1 unspecified atom stereocenters. The highest BCUT2D eigenvalue weighted by Gasteiger charge is 2.28. The molecule has 0 aliphatic carbocycles. The molecule has 3 aromatic rings. The van der Waals surface area contributed by atoms with Crippen LogP contribution in [0.3, 0.4) is 0 Å². The van der Waals surface area contributed by atoms with E-state index in [0.29, 0.717) is 31.6 Å². The summed E-state index contributed by atoms with van der Waals surface area (Å²) in [6.45, 7) is 5.26. The number of hydrogen-bond donors (Lipinski definition) is 1. The van der Waals surface area contributed by atoms with Gasteiger partial charge in [-0.05, 0) is 74.1 Å². The molecule has 0 spiro atoms. The number of nitrogens with zero attached hydrogens (tertiary/aromatic N) is 2. The molecule has 1 fully saturated rings. The van der Waals surface area contributed by atoms with Crippen molar-refractivity contribution in [3.05, 3.63) is 101 Å². The van der Waals surface area contributed by atoms with Gasteiger partial charge in [-0.3, -0.25) is 9.59 Å². The van der Waals surface area contributed by atoms with E-state index >= 15 is 0 Å². The zero-order valence-electron chi connectivity index (χ0n) is 23.0. The van der Waals surface area contributed by atoms with E-state index in [2.05, 4.69) is 5.32 Å². The third-order valence-electron chi connectivity index (χ3n) is 7.27. The monoisotopic (exact) mass is 565 g/mol.